The molecule has 0 aliphatic heterocycles. The zero-order valence-electron chi connectivity index (χ0n) is 12.9. The van der Waals surface area contributed by atoms with Gasteiger partial charge in [-0.15, -0.1) is 0 Å². The van der Waals surface area contributed by atoms with Crippen molar-refractivity contribution >= 4 is 52.8 Å². The third-order valence-corrected chi connectivity index (χ3v) is 3.54. The second kappa shape index (κ2) is 9.80. The normalized spacial score (nSPS) is 10.3. The van der Waals surface area contributed by atoms with Gasteiger partial charge in [-0.05, 0) is 12.1 Å². The number of carboxylic acids is 2. The van der Waals surface area contributed by atoms with Crippen LogP contribution in [0.5, 0.6) is 0 Å². The maximum Gasteiger partial charge on any atom is 0.329 e. The molecule has 1 aromatic carbocycles. The summed E-state index contributed by atoms with van der Waals surface area (Å²) in [5.41, 5.74) is 0.130. The van der Waals surface area contributed by atoms with Crippen LogP contribution in [-0.4, -0.2) is 45.6 Å². The highest BCUT2D eigenvalue weighted by molar-refractivity contribution is 6.42. The number of halogens is 2. The largest absolute Gasteiger partial charge is 0.481 e. The third kappa shape index (κ3) is 6.75. The molecule has 12 heteroatoms. The Morgan fingerprint density at radius 1 is 1.00 bits per heavy atom. The highest BCUT2D eigenvalue weighted by atomic mass is 35.5. The van der Waals surface area contributed by atoms with Crippen molar-refractivity contribution in [3.05, 3.63) is 27.7 Å². The fraction of sp³-hybridized carbons (Fsp3) is 0.286. The first-order chi connectivity index (χ1) is 12.1. The van der Waals surface area contributed by atoms with Crippen LogP contribution in [0.2, 0.25) is 10.0 Å². The fourth-order valence-electron chi connectivity index (χ4n) is 1.66. The van der Waals surface area contributed by atoms with Crippen molar-refractivity contribution in [3.63, 3.8) is 0 Å². The van der Waals surface area contributed by atoms with Crippen molar-refractivity contribution in [1.82, 2.24) is 0 Å². The van der Waals surface area contributed by atoms with Crippen molar-refractivity contribution < 1.29 is 44.0 Å². The lowest BCUT2D eigenvalue weighted by atomic mass is 10.2. The molecule has 0 bridgehead atoms. The zero-order chi connectivity index (χ0) is 19.9. The average molecular weight is 410 g/mol. The summed E-state index contributed by atoms with van der Waals surface area (Å²) in [6.45, 7) is -0.583. The summed E-state index contributed by atoms with van der Waals surface area (Å²) in [6.07, 6.45) is -3.91. The molecule has 0 saturated carbocycles. The Hall–Kier alpha value is -2.56. The van der Waals surface area contributed by atoms with Gasteiger partial charge < -0.3 is 30.1 Å². The molecule has 26 heavy (non-hydrogen) atoms. The zero-order valence-corrected chi connectivity index (χ0v) is 14.4. The van der Waals surface area contributed by atoms with Crippen molar-refractivity contribution in [2.45, 2.75) is 25.9 Å². The van der Waals surface area contributed by atoms with Gasteiger partial charge in [-0.3, -0.25) is 19.2 Å². The number of esters is 2. The predicted molar refractivity (Wildman–Crippen MR) is 86.5 cm³/mol. The molecular formula is C14H13Cl2NO9. The number of benzene rings is 1. The Kier molecular flexibility index (Phi) is 8.10. The van der Waals surface area contributed by atoms with Crippen molar-refractivity contribution in [2.24, 2.45) is 0 Å². The third-order valence-electron chi connectivity index (χ3n) is 2.70. The van der Waals surface area contributed by atoms with E-state index >= 15 is 0 Å². The number of carbonyl (C=O) groups excluding carboxylic acids is 2. The number of nitrogens with one attached hydrogen (secondary N) is 1. The minimum atomic E-state index is -1.86. The van der Waals surface area contributed by atoms with Crippen LogP contribution in [0.15, 0.2) is 12.1 Å². The summed E-state index contributed by atoms with van der Waals surface area (Å²) in [5, 5.41) is 29.0. The lowest BCUT2D eigenvalue weighted by Crippen LogP contribution is -2.33. The van der Waals surface area contributed by atoms with Gasteiger partial charge in [0.05, 0.1) is 16.7 Å². The highest BCUT2D eigenvalue weighted by Gasteiger charge is 2.23. The number of carboxylic acid groups (broad SMARTS) is 2. The highest BCUT2D eigenvalue weighted by Crippen LogP contribution is 2.32. The van der Waals surface area contributed by atoms with Gasteiger partial charge in [-0.1, -0.05) is 23.2 Å². The molecule has 0 aliphatic carbocycles. The molecule has 0 heterocycles. The van der Waals surface area contributed by atoms with Crippen molar-refractivity contribution in [3.8, 4) is 0 Å². The van der Waals surface area contributed by atoms with Gasteiger partial charge in [0.2, 0.25) is 0 Å². The molecule has 4 N–H and O–H groups in total. The lowest BCUT2D eigenvalue weighted by Gasteiger charge is -2.21. The number of aliphatic hydroxyl groups excluding tert-OH is 1. The maximum absolute atomic E-state index is 11.5. The topological polar surface area (TPSA) is 159 Å². The molecule has 0 radical (unpaired) electrons. The molecule has 0 atom stereocenters. The fourth-order valence-corrected chi connectivity index (χ4v) is 2.06. The van der Waals surface area contributed by atoms with Gasteiger partial charge in [0, 0.05) is 11.3 Å². The number of aliphatic carboxylic acids is 2. The molecule has 0 unspecified atom stereocenters. The number of aliphatic hydroxyl groups is 1. The van der Waals surface area contributed by atoms with E-state index in [1.807, 2.05) is 0 Å². The van der Waals surface area contributed by atoms with Crippen LogP contribution in [0.25, 0.3) is 0 Å². The number of hydrogen-bond donors (Lipinski definition) is 4. The number of carbonyl (C=O) groups is 4. The molecule has 0 fully saturated rings. The standard InChI is InChI=1S/C14H13Cl2NO9/c15-7-1-2-8(6(5-18)13(7)16)17-14(25-11(23)3-9(19)20)26-12(24)4-10(21)22/h1-2,14,17-18H,3-5H2,(H,19,20)(H,21,22). The van der Waals surface area contributed by atoms with E-state index < -0.39 is 49.7 Å². The van der Waals surface area contributed by atoms with E-state index in [0.717, 1.165) is 0 Å². The molecule has 0 saturated heterocycles. The second-order valence-electron chi connectivity index (χ2n) is 4.64. The van der Waals surface area contributed by atoms with E-state index in [0.29, 0.717) is 0 Å². The van der Waals surface area contributed by atoms with E-state index in [1.165, 1.54) is 12.1 Å². The lowest BCUT2D eigenvalue weighted by molar-refractivity contribution is -0.183. The van der Waals surface area contributed by atoms with Crippen LogP contribution in [-0.2, 0) is 35.3 Å². The first-order valence-corrected chi connectivity index (χ1v) is 7.56. The Balaban J connectivity index is 3.02. The van der Waals surface area contributed by atoms with Crippen LogP contribution < -0.4 is 5.32 Å². The Morgan fingerprint density at radius 2 is 1.50 bits per heavy atom. The molecule has 0 aliphatic rings. The smallest absolute Gasteiger partial charge is 0.329 e. The van der Waals surface area contributed by atoms with Crippen LogP contribution in [0.4, 0.5) is 5.69 Å². The summed E-state index contributed by atoms with van der Waals surface area (Å²) in [6, 6.07) is 2.66. The van der Waals surface area contributed by atoms with Gasteiger partial charge in [-0.25, -0.2) is 0 Å². The predicted octanol–water partition coefficient (Wildman–Crippen LogP) is 1.22. The quantitative estimate of drug-likeness (QED) is 0.265. The molecule has 1 rings (SSSR count). The van der Waals surface area contributed by atoms with Gasteiger partial charge in [0.25, 0.3) is 0 Å². The SMILES string of the molecule is O=C(O)CC(=O)OC(Nc1ccc(Cl)c(Cl)c1CO)OC(=O)CC(=O)O. The molecule has 0 spiro atoms. The van der Waals surface area contributed by atoms with E-state index in [1.54, 1.807) is 0 Å². The number of rotatable bonds is 9. The summed E-state index contributed by atoms with van der Waals surface area (Å²) in [7, 11) is 0. The van der Waals surface area contributed by atoms with Gasteiger partial charge in [0.15, 0.2) is 0 Å². The second-order valence-corrected chi connectivity index (χ2v) is 5.43. The Morgan fingerprint density at radius 3 is 1.92 bits per heavy atom. The summed E-state index contributed by atoms with van der Waals surface area (Å²) in [4.78, 5) is 44.0. The molecule has 1 aromatic rings. The van der Waals surface area contributed by atoms with Gasteiger partial charge in [-0.2, -0.15) is 0 Å². The molecule has 0 amide bonds. The molecule has 10 nitrogen and oxygen atoms in total. The minimum absolute atomic E-state index is 0.0216. The summed E-state index contributed by atoms with van der Waals surface area (Å²) >= 11 is 11.7. The van der Waals surface area contributed by atoms with E-state index in [4.69, 9.17) is 33.4 Å². The molecule has 0 aromatic heterocycles. The van der Waals surface area contributed by atoms with E-state index in [2.05, 4.69) is 14.8 Å². The van der Waals surface area contributed by atoms with Crippen LogP contribution in [0.3, 0.4) is 0 Å². The van der Waals surface area contributed by atoms with Gasteiger partial charge in [0.1, 0.15) is 12.8 Å². The van der Waals surface area contributed by atoms with Crippen LogP contribution in [0.1, 0.15) is 18.4 Å². The summed E-state index contributed by atoms with van der Waals surface area (Å²) < 4.78 is 9.33. The van der Waals surface area contributed by atoms with Crippen LogP contribution in [0, 0.1) is 0 Å². The number of hydrogen-bond acceptors (Lipinski definition) is 8. The first-order valence-electron chi connectivity index (χ1n) is 6.80. The Bertz CT molecular complexity index is 693. The molecular weight excluding hydrogens is 397 g/mol. The molecule has 142 valence electrons. The number of anilines is 1. The first kappa shape index (κ1) is 21.5. The van der Waals surface area contributed by atoms with Crippen LogP contribution >= 0.6 is 23.2 Å². The van der Waals surface area contributed by atoms with Crippen molar-refractivity contribution in [2.75, 3.05) is 5.32 Å². The monoisotopic (exact) mass is 409 g/mol. The average Bonchev–Trinajstić information content (AvgIpc) is 2.49. The summed E-state index contributed by atoms with van der Waals surface area (Å²) in [5.74, 6) is -5.50. The van der Waals surface area contributed by atoms with Crippen molar-refractivity contribution in [1.29, 1.82) is 0 Å². The maximum atomic E-state index is 11.5. The van der Waals surface area contributed by atoms with E-state index in [9.17, 15) is 24.3 Å². The Labute approximate surface area is 156 Å². The minimum Gasteiger partial charge on any atom is -0.481 e. The van der Waals surface area contributed by atoms with Gasteiger partial charge >= 0.3 is 30.3 Å². The van der Waals surface area contributed by atoms with E-state index in [-0.39, 0.29) is 21.3 Å². The number of ether oxygens (including phenoxy) is 2.